The summed E-state index contributed by atoms with van der Waals surface area (Å²) < 4.78 is 15.0. The van der Waals surface area contributed by atoms with E-state index in [0.717, 1.165) is 0 Å². The molecule has 0 radical (unpaired) electrons. The first-order valence-corrected chi connectivity index (χ1v) is 5.91. The van der Waals surface area contributed by atoms with Crippen LogP contribution in [0, 0.1) is 5.82 Å². The molecule has 0 spiro atoms. The number of hydrogen-bond donors (Lipinski definition) is 0. The molecule has 4 nitrogen and oxygen atoms in total. The summed E-state index contributed by atoms with van der Waals surface area (Å²) in [5, 5.41) is 8.16. The summed E-state index contributed by atoms with van der Waals surface area (Å²) in [4.78, 5) is 11.8. The van der Waals surface area contributed by atoms with Crippen molar-refractivity contribution in [3.05, 3.63) is 42.0 Å². The van der Waals surface area contributed by atoms with E-state index in [1.807, 2.05) is 0 Å². The molecule has 0 unspecified atom stereocenters. The Morgan fingerprint density at radius 2 is 2.24 bits per heavy atom. The maximum absolute atomic E-state index is 13.3. The zero-order valence-electron chi connectivity index (χ0n) is 9.13. The molecule has 0 saturated heterocycles. The Hall–Kier alpha value is -1.69. The molecule has 0 saturated carbocycles. The zero-order valence-corrected chi connectivity index (χ0v) is 9.95. The van der Waals surface area contributed by atoms with Gasteiger partial charge in [-0.2, -0.15) is 0 Å². The molecule has 17 heavy (non-hydrogen) atoms. The molecule has 6 heteroatoms. The number of benzene rings is 1. The van der Waals surface area contributed by atoms with E-state index in [0.29, 0.717) is 5.16 Å². The quantitative estimate of drug-likeness (QED) is 0.615. The van der Waals surface area contributed by atoms with Crippen LogP contribution >= 0.6 is 11.8 Å². The fourth-order valence-electron chi connectivity index (χ4n) is 1.30. The first-order valence-electron chi connectivity index (χ1n) is 4.93. The predicted octanol–water partition coefficient (Wildman–Crippen LogP) is 1.93. The third kappa shape index (κ3) is 2.71. The van der Waals surface area contributed by atoms with Gasteiger partial charge in [-0.25, -0.2) is 4.39 Å². The number of rotatable bonds is 4. The molecular weight excluding hydrogens is 241 g/mol. The molecule has 0 aliphatic carbocycles. The Bertz CT molecular complexity index is 541. The molecule has 0 N–H and O–H groups in total. The van der Waals surface area contributed by atoms with Crippen LogP contribution in [0.15, 0.2) is 35.7 Å². The highest BCUT2D eigenvalue weighted by Gasteiger charge is 2.12. The molecule has 0 atom stereocenters. The lowest BCUT2D eigenvalue weighted by Crippen LogP contribution is -2.06. The predicted molar refractivity (Wildman–Crippen MR) is 62.5 cm³/mol. The topological polar surface area (TPSA) is 47.8 Å². The molecule has 0 aliphatic heterocycles. The summed E-state index contributed by atoms with van der Waals surface area (Å²) in [5.41, 5.74) is 0.113. The number of Topliss-reactive ketones (excluding diaryl/α,β-unsaturated/α-hetero) is 1. The Morgan fingerprint density at radius 3 is 2.88 bits per heavy atom. The molecular formula is C11H10FN3OS. The lowest BCUT2D eigenvalue weighted by molar-refractivity contribution is 0.101. The third-order valence-electron chi connectivity index (χ3n) is 2.18. The van der Waals surface area contributed by atoms with Gasteiger partial charge in [0.05, 0.1) is 11.3 Å². The second-order valence-corrected chi connectivity index (χ2v) is 4.36. The fourth-order valence-corrected chi connectivity index (χ4v) is 2.07. The van der Waals surface area contributed by atoms with Crippen molar-refractivity contribution in [3.63, 3.8) is 0 Å². The maximum atomic E-state index is 13.3. The van der Waals surface area contributed by atoms with E-state index in [9.17, 15) is 9.18 Å². The van der Waals surface area contributed by atoms with Gasteiger partial charge < -0.3 is 4.57 Å². The molecule has 0 fully saturated rings. The summed E-state index contributed by atoms with van der Waals surface area (Å²) in [6.45, 7) is 0. The van der Waals surface area contributed by atoms with E-state index < -0.39 is 5.82 Å². The van der Waals surface area contributed by atoms with Gasteiger partial charge >= 0.3 is 0 Å². The van der Waals surface area contributed by atoms with Gasteiger partial charge in [-0.1, -0.05) is 23.9 Å². The molecule has 1 aromatic carbocycles. The smallest absolute Gasteiger partial charge is 0.191 e. The summed E-state index contributed by atoms with van der Waals surface area (Å²) in [6.07, 6.45) is 1.55. The van der Waals surface area contributed by atoms with E-state index in [1.165, 1.54) is 23.9 Å². The van der Waals surface area contributed by atoms with Crippen LogP contribution in [0.3, 0.4) is 0 Å². The van der Waals surface area contributed by atoms with Gasteiger partial charge in [0, 0.05) is 7.05 Å². The highest BCUT2D eigenvalue weighted by molar-refractivity contribution is 7.99. The maximum Gasteiger partial charge on any atom is 0.191 e. The molecule has 0 aliphatic rings. The standard InChI is InChI=1S/C11H10FN3OS/c1-15-7-13-14-11(15)17-6-10(16)8-4-2-3-5-9(8)12/h2-5,7H,6H2,1H3. The molecule has 2 aromatic rings. The van der Waals surface area contributed by atoms with Crippen LogP contribution in [0.4, 0.5) is 4.39 Å². The van der Waals surface area contributed by atoms with Crippen LogP contribution in [0.2, 0.25) is 0 Å². The lowest BCUT2D eigenvalue weighted by Gasteiger charge is -2.01. The van der Waals surface area contributed by atoms with Crippen LogP contribution in [0.25, 0.3) is 0 Å². The van der Waals surface area contributed by atoms with Crippen molar-refractivity contribution in [2.45, 2.75) is 5.16 Å². The number of halogens is 1. The van der Waals surface area contributed by atoms with Crippen molar-refractivity contribution in [1.82, 2.24) is 14.8 Å². The Kier molecular flexibility index (Phi) is 3.53. The fraction of sp³-hybridized carbons (Fsp3) is 0.182. The SMILES string of the molecule is Cn1cnnc1SCC(=O)c1ccccc1F. The minimum absolute atomic E-state index is 0.113. The second-order valence-electron chi connectivity index (χ2n) is 3.42. The van der Waals surface area contributed by atoms with Crippen molar-refractivity contribution >= 4 is 17.5 Å². The van der Waals surface area contributed by atoms with Crippen molar-refractivity contribution < 1.29 is 9.18 Å². The largest absolute Gasteiger partial charge is 0.312 e. The van der Waals surface area contributed by atoms with E-state index in [-0.39, 0.29) is 17.1 Å². The average Bonchev–Trinajstić information content (AvgIpc) is 2.72. The summed E-state index contributed by atoms with van der Waals surface area (Å²) >= 11 is 1.24. The first kappa shape index (κ1) is 11.8. The Morgan fingerprint density at radius 1 is 1.47 bits per heavy atom. The average molecular weight is 251 g/mol. The minimum Gasteiger partial charge on any atom is -0.312 e. The third-order valence-corrected chi connectivity index (χ3v) is 3.21. The number of aromatic nitrogens is 3. The number of nitrogens with zero attached hydrogens (tertiary/aromatic N) is 3. The summed E-state index contributed by atoms with van der Waals surface area (Å²) in [5.74, 6) is -0.597. The van der Waals surface area contributed by atoms with Crippen LogP contribution in [-0.4, -0.2) is 26.3 Å². The molecule has 88 valence electrons. The molecule has 1 heterocycles. The Labute approximate surface area is 102 Å². The number of hydrogen-bond acceptors (Lipinski definition) is 4. The number of aryl methyl sites for hydroxylation is 1. The van der Waals surface area contributed by atoms with Gasteiger partial charge in [0.2, 0.25) is 0 Å². The highest BCUT2D eigenvalue weighted by Crippen LogP contribution is 2.16. The molecule has 0 amide bonds. The first-order chi connectivity index (χ1) is 8.18. The van der Waals surface area contributed by atoms with Crippen molar-refractivity contribution in [3.8, 4) is 0 Å². The summed E-state index contributed by atoms with van der Waals surface area (Å²) in [6, 6.07) is 5.96. The molecule has 0 bridgehead atoms. The zero-order chi connectivity index (χ0) is 12.3. The van der Waals surface area contributed by atoms with Gasteiger partial charge in [0.15, 0.2) is 10.9 Å². The van der Waals surface area contributed by atoms with Crippen LogP contribution < -0.4 is 0 Å². The minimum atomic E-state index is -0.490. The second kappa shape index (κ2) is 5.09. The van der Waals surface area contributed by atoms with Gasteiger partial charge in [-0.15, -0.1) is 10.2 Å². The van der Waals surface area contributed by atoms with E-state index in [4.69, 9.17) is 0 Å². The van der Waals surface area contributed by atoms with Crippen molar-refractivity contribution in [2.24, 2.45) is 7.05 Å². The van der Waals surface area contributed by atoms with E-state index in [1.54, 1.807) is 30.1 Å². The van der Waals surface area contributed by atoms with Gasteiger partial charge in [-0.3, -0.25) is 4.79 Å². The van der Waals surface area contributed by atoms with Gasteiger partial charge in [0.1, 0.15) is 12.1 Å². The van der Waals surface area contributed by atoms with E-state index >= 15 is 0 Å². The number of carbonyl (C=O) groups excluding carboxylic acids is 1. The van der Waals surface area contributed by atoms with Crippen molar-refractivity contribution in [2.75, 3.05) is 5.75 Å². The molecule has 1 aromatic heterocycles. The Balaban J connectivity index is 2.04. The monoisotopic (exact) mass is 251 g/mol. The summed E-state index contributed by atoms with van der Waals surface area (Å²) in [7, 11) is 1.79. The normalized spacial score (nSPS) is 10.5. The molecule has 2 rings (SSSR count). The highest BCUT2D eigenvalue weighted by atomic mass is 32.2. The van der Waals surface area contributed by atoms with Crippen molar-refractivity contribution in [1.29, 1.82) is 0 Å². The number of carbonyl (C=O) groups is 1. The van der Waals surface area contributed by atoms with Gasteiger partial charge in [-0.05, 0) is 12.1 Å². The number of thioether (sulfide) groups is 1. The van der Waals surface area contributed by atoms with E-state index in [2.05, 4.69) is 10.2 Å². The van der Waals surface area contributed by atoms with Crippen LogP contribution in [0.5, 0.6) is 0 Å². The van der Waals surface area contributed by atoms with Gasteiger partial charge in [0.25, 0.3) is 0 Å². The van der Waals surface area contributed by atoms with Crippen LogP contribution in [0.1, 0.15) is 10.4 Å². The number of ketones is 1. The lowest BCUT2D eigenvalue weighted by atomic mass is 10.1. The van der Waals surface area contributed by atoms with Crippen LogP contribution in [-0.2, 0) is 7.05 Å².